The summed E-state index contributed by atoms with van der Waals surface area (Å²) >= 11 is 7.63. The summed E-state index contributed by atoms with van der Waals surface area (Å²) in [5.41, 5.74) is 5.77. The Kier molecular flexibility index (Phi) is 5.14. The van der Waals surface area contributed by atoms with Crippen LogP contribution in [0.5, 0.6) is 0 Å². The molecule has 1 aromatic heterocycles. The summed E-state index contributed by atoms with van der Waals surface area (Å²) in [4.78, 5) is 14.9. The Labute approximate surface area is 134 Å². The van der Waals surface area contributed by atoms with Gasteiger partial charge in [0.2, 0.25) is 0 Å². The first kappa shape index (κ1) is 16.5. The molecule has 2 heterocycles. The van der Waals surface area contributed by atoms with Gasteiger partial charge in [0, 0.05) is 11.4 Å². The Bertz CT molecular complexity index is 501. The van der Waals surface area contributed by atoms with Crippen LogP contribution in [0.4, 0.5) is 4.79 Å². The minimum atomic E-state index is -0.537. The molecule has 2 N–H and O–H groups in total. The van der Waals surface area contributed by atoms with Crippen LogP contribution in [-0.2, 0) is 9.47 Å². The third-order valence-electron chi connectivity index (χ3n) is 3.16. The van der Waals surface area contributed by atoms with Crippen molar-refractivity contribution in [3.8, 4) is 0 Å². The predicted molar refractivity (Wildman–Crippen MR) is 83.8 cm³/mol. The average Bonchev–Trinajstić information content (AvgIpc) is 2.82. The zero-order chi connectivity index (χ0) is 15.6. The minimum Gasteiger partial charge on any atom is -0.444 e. The van der Waals surface area contributed by atoms with Crippen LogP contribution in [0.15, 0.2) is 11.4 Å². The first-order valence-corrected chi connectivity index (χ1v) is 8.11. The van der Waals surface area contributed by atoms with E-state index in [2.05, 4.69) is 0 Å². The fourth-order valence-corrected chi connectivity index (χ4v) is 3.43. The maximum absolute atomic E-state index is 12.3. The first-order chi connectivity index (χ1) is 9.79. The van der Waals surface area contributed by atoms with Crippen LogP contribution >= 0.6 is 22.9 Å². The fraction of sp³-hybridized carbons (Fsp3) is 0.643. The highest BCUT2D eigenvalue weighted by Gasteiger charge is 2.36. The number of carbonyl (C=O) groups excluding carboxylic acids is 1. The van der Waals surface area contributed by atoms with E-state index in [-0.39, 0.29) is 18.2 Å². The van der Waals surface area contributed by atoms with Crippen molar-refractivity contribution in [3.63, 3.8) is 0 Å². The average molecular weight is 333 g/mol. The normalized spacial score (nSPS) is 21.2. The van der Waals surface area contributed by atoms with Gasteiger partial charge < -0.3 is 15.2 Å². The minimum absolute atomic E-state index is 0.273. The SMILES string of the molecule is CC(C)(C)OC(=O)N1CCOCC1C(N)c1sccc1Cl. The molecule has 5 nitrogen and oxygen atoms in total. The van der Waals surface area contributed by atoms with Crippen LogP contribution in [-0.4, -0.2) is 42.4 Å². The second kappa shape index (κ2) is 6.52. The lowest BCUT2D eigenvalue weighted by atomic mass is 10.1. The summed E-state index contributed by atoms with van der Waals surface area (Å²) in [6, 6.07) is 1.15. The Morgan fingerprint density at radius 3 is 2.90 bits per heavy atom. The quantitative estimate of drug-likeness (QED) is 0.904. The highest BCUT2D eigenvalue weighted by Crippen LogP contribution is 2.32. The number of hydrogen-bond acceptors (Lipinski definition) is 5. The van der Waals surface area contributed by atoms with E-state index in [1.165, 1.54) is 11.3 Å². The van der Waals surface area contributed by atoms with Crippen molar-refractivity contribution in [1.82, 2.24) is 4.90 Å². The third kappa shape index (κ3) is 4.10. The van der Waals surface area contributed by atoms with Gasteiger partial charge in [-0.25, -0.2) is 4.79 Å². The molecule has 118 valence electrons. The van der Waals surface area contributed by atoms with Gasteiger partial charge in [0.15, 0.2) is 0 Å². The molecule has 1 fully saturated rings. The molecule has 1 saturated heterocycles. The van der Waals surface area contributed by atoms with Crippen molar-refractivity contribution in [2.45, 2.75) is 38.5 Å². The number of nitrogens with two attached hydrogens (primary N) is 1. The van der Waals surface area contributed by atoms with E-state index in [0.717, 1.165) is 4.88 Å². The summed E-state index contributed by atoms with van der Waals surface area (Å²) in [7, 11) is 0. The maximum atomic E-state index is 12.3. The first-order valence-electron chi connectivity index (χ1n) is 6.85. The van der Waals surface area contributed by atoms with Crippen molar-refractivity contribution >= 4 is 29.0 Å². The predicted octanol–water partition coefficient (Wildman–Crippen LogP) is 3.04. The van der Waals surface area contributed by atoms with Gasteiger partial charge in [-0.15, -0.1) is 11.3 Å². The van der Waals surface area contributed by atoms with Gasteiger partial charge in [0.1, 0.15) is 5.60 Å². The largest absolute Gasteiger partial charge is 0.444 e. The molecule has 0 radical (unpaired) electrons. The van der Waals surface area contributed by atoms with Crippen LogP contribution in [0.2, 0.25) is 5.02 Å². The molecule has 2 atom stereocenters. The van der Waals surface area contributed by atoms with E-state index < -0.39 is 5.60 Å². The van der Waals surface area contributed by atoms with Gasteiger partial charge in [0.05, 0.1) is 30.3 Å². The number of halogens is 1. The van der Waals surface area contributed by atoms with E-state index in [4.69, 9.17) is 26.8 Å². The molecule has 0 aromatic carbocycles. The Hall–Kier alpha value is -0.820. The molecule has 1 aliphatic rings. The van der Waals surface area contributed by atoms with Gasteiger partial charge >= 0.3 is 6.09 Å². The lowest BCUT2D eigenvalue weighted by molar-refractivity contribution is -0.0379. The van der Waals surface area contributed by atoms with Crippen molar-refractivity contribution in [1.29, 1.82) is 0 Å². The summed E-state index contributed by atoms with van der Waals surface area (Å²) in [5, 5.41) is 2.51. The monoisotopic (exact) mass is 332 g/mol. The van der Waals surface area contributed by atoms with E-state index in [0.29, 0.717) is 24.8 Å². The van der Waals surface area contributed by atoms with E-state index in [1.807, 2.05) is 32.2 Å². The number of hydrogen-bond donors (Lipinski definition) is 1. The highest BCUT2D eigenvalue weighted by atomic mass is 35.5. The summed E-state index contributed by atoms with van der Waals surface area (Å²) < 4.78 is 10.9. The number of morpholine rings is 1. The third-order valence-corrected chi connectivity index (χ3v) is 4.62. The molecule has 0 bridgehead atoms. The van der Waals surface area contributed by atoms with Crippen LogP contribution in [0.3, 0.4) is 0 Å². The van der Waals surface area contributed by atoms with Crippen molar-refractivity contribution in [2.75, 3.05) is 19.8 Å². The highest BCUT2D eigenvalue weighted by molar-refractivity contribution is 7.10. The van der Waals surface area contributed by atoms with Crippen LogP contribution in [0.25, 0.3) is 0 Å². The molecule has 7 heteroatoms. The van der Waals surface area contributed by atoms with Crippen LogP contribution in [0.1, 0.15) is 31.7 Å². The Morgan fingerprint density at radius 1 is 1.62 bits per heavy atom. The van der Waals surface area contributed by atoms with Crippen LogP contribution in [0, 0.1) is 0 Å². The molecule has 1 amide bonds. The molecule has 0 aliphatic carbocycles. The topological polar surface area (TPSA) is 64.8 Å². The zero-order valence-electron chi connectivity index (χ0n) is 12.5. The zero-order valence-corrected chi connectivity index (χ0v) is 14.0. The van der Waals surface area contributed by atoms with Gasteiger partial charge in [-0.1, -0.05) is 11.6 Å². The van der Waals surface area contributed by atoms with Crippen molar-refractivity contribution in [2.24, 2.45) is 5.73 Å². The number of nitrogens with zero attached hydrogens (tertiary/aromatic N) is 1. The van der Waals surface area contributed by atoms with E-state index in [1.54, 1.807) is 4.90 Å². The van der Waals surface area contributed by atoms with Crippen molar-refractivity contribution < 1.29 is 14.3 Å². The van der Waals surface area contributed by atoms with Gasteiger partial charge in [-0.3, -0.25) is 4.90 Å². The number of amides is 1. The van der Waals surface area contributed by atoms with E-state index >= 15 is 0 Å². The maximum Gasteiger partial charge on any atom is 0.410 e. The van der Waals surface area contributed by atoms with Gasteiger partial charge in [-0.2, -0.15) is 0 Å². The molecule has 2 rings (SSSR count). The van der Waals surface area contributed by atoms with Gasteiger partial charge in [-0.05, 0) is 32.2 Å². The second-order valence-corrected chi connectivity index (χ2v) is 7.33. The standard InChI is InChI=1S/C14H21ClN2O3S/c1-14(2,3)20-13(18)17-5-6-19-8-10(17)11(16)12-9(15)4-7-21-12/h4,7,10-11H,5-6,8,16H2,1-3H3. The second-order valence-electron chi connectivity index (χ2n) is 5.97. The molecule has 2 unspecified atom stereocenters. The Balaban J connectivity index is 2.15. The lowest BCUT2D eigenvalue weighted by Crippen LogP contribution is -2.54. The molecule has 1 aromatic rings. The molecule has 0 spiro atoms. The lowest BCUT2D eigenvalue weighted by Gasteiger charge is -2.39. The smallest absolute Gasteiger partial charge is 0.410 e. The fourth-order valence-electron chi connectivity index (χ4n) is 2.19. The number of thiophene rings is 1. The van der Waals surface area contributed by atoms with Crippen LogP contribution < -0.4 is 5.73 Å². The molecular formula is C14H21ClN2O3S. The Morgan fingerprint density at radius 2 is 2.33 bits per heavy atom. The van der Waals surface area contributed by atoms with Crippen molar-refractivity contribution in [3.05, 3.63) is 21.3 Å². The van der Waals surface area contributed by atoms with E-state index in [9.17, 15) is 4.79 Å². The summed E-state index contributed by atoms with van der Waals surface area (Å²) in [6.45, 7) is 6.87. The van der Waals surface area contributed by atoms with Gasteiger partial charge in [0.25, 0.3) is 0 Å². The molecule has 1 aliphatic heterocycles. The molecular weight excluding hydrogens is 312 g/mol. The summed E-state index contributed by atoms with van der Waals surface area (Å²) in [5.74, 6) is 0. The summed E-state index contributed by atoms with van der Waals surface area (Å²) in [6.07, 6.45) is -0.362. The number of rotatable bonds is 2. The number of ether oxygens (including phenoxy) is 2. The molecule has 0 saturated carbocycles. The molecule has 21 heavy (non-hydrogen) atoms. The number of carbonyl (C=O) groups is 1.